The second-order valence-electron chi connectivity index (χ2n) is 10.4. The molecule has 0 spiro atoms. The van der Waals surface area contributed by atoms with Crippen LogP contribution in [0.1, 0.15) is 49.7 Å². The van der Waals surface area contributed by atoms with Crippen LogP contribution in [0.5, 0.6) is 0 Å². The van der Waals surface area contributed by atoms with Gasteiger partial charge in [0.2, 0.25) is 5.91 Å². The van der Waals surface area contributed by atoms with Crippen LogP contribution < -0.4 is 5.32 Å². The first-order valence-electron chi connectivity index (χ1n) is 12.5. The number of aliphatic carboxylic acids is 1. The van der Waals surface area contributed by atoms with Gasteiger partial charge in [-0.05, 0) is 47.9 Å². The Morgan fingerprint density at radius 2 is 1.60 bits per heavy atom. The van der Waals surface area contributed by atoms with Gasteiger partial charge in [-0.2, -0.15) is 0 Å². The van der Waals surface area contributed by atoms with Crippen LogP contribution in [0.25, 0.3) is 11.1 Å². The first-order chi connectivity index (χ1) is 16.9. The molecular formula is C28H32N2O5. The summed E-state index contributed by atoms with van der Waals surface area (Å²) in [6.07, 6.45) is 3.17. The van der Waals surface area contributed by atoms with Gasteiger partial charge < -0.3 is 20.1 Å². The van der Waals surface area contributed by atoms with Crippen LogP contribution in [0.15, 0.2) is 48.5 Å². The van der Waals surface area contributed by atoms with Gasteiger partial charge in [0.25, 0.3) is 0 Å². The molecule has 7 heteroatoms. The number of hydrogen-bond donors (Lipinski definition) is 2. The van der Waals surface area contributed by atoms with Gasteiger partial charge in [0, 0.05) is 31.5 Å². The molecule has 2 N–H and O–H groups in total. The van der Waals surface area contributed by atoms with E-state index in [0.29, 0.717) is 6.54 Å². The van der Waals surface area contributed by atoms with Gasteiger partial charge in [-0.15, -0.1) is 0 Å². The summed E-state index contributed by atoms with van der Waals surface area (Å²) < 4.78 is 5.65. The van der Waals surface area contributed by atoms with Crippen molar-refractivity contribution < 1.29 is 24.2 Å². The van der Waals surface area contributed by atoms with Crippen molar-refractivity contribution in [3.63, 3.8) is 0 Å². The van der Waals surface area contributed by atoms with Crippen LogP contribution in [0.2, 0.25) is 0 Å². The number of carboxylic acids is 1. The zero-order valence-corrected chi connectivity index (χ0v) is 20.0. The number of fused-ring (bicyclic) bond motifs is 3. The fourth-order valence-electron chi connectivity index (χ4n) is 5.96. The highest BCUT2D eigenvalue weighted by molar-refractivity contribution is 5.85. The highest BCUT2D eigenvalue weighted by Gasteiger charge is 2.49. The Hall–Kier alpha value is -3.35. The van der Waals surface area contributed by atoms with Gasteiger partial charge in [0.15, 0.2) is 0 Å². The summed E-state index contributed by atoms with van der Waals surface area (Å²) in [5.74, 6) is -0.988. The lowest BCUT2D eigenvalue weighted by Crippen LogP contribution is -2.62. The first-order valence-corrected chi connectivity index (χ1v) is 12.5. The molecule has 2 aliphatic carbocycles. The molecule has 2 atom stereocenters. The number of rotatable bonds is 6. The molecule has 2 aromatic carbocycles. The third-order valence-corrected chi connectivity index (χ3v) is 7.99. The third kappa shape index (κ3) is 4.40. The molecule has 1 aliphatic heterocycles. The number of amides is 2. The standard InChI is InChI=1S/C28H32N2O5/c1-28(26(32)33)16-30(17-28)25(31)19-9-3-2-8-18(19)14-29-27(34)35-15-24-22-12-6-4-10-20(22)21-11-5-7-13-23(21)24/h4-7,10-13,18-19,24H,2-3,8-9,14-17H2,1H3,(H,29,34)(H,32,33)/t18-,19-/m1/s1. The summed E-state index contributed by atoms with van der Waals surface area (Å²) in [5, 5.41) is 12.2. The summed E-state index contributed by atoms with van der Waals surface area (Å²) in [5.41, 5.74) is 3.86. The predicted molar refractivity (Wildman–Crippen MR) is 131 cm³/mol. The molecule has 7 nitrogen and oxygen atoms in total. The van der Waals surface area contributed by atoms with E-state index in [4.69, 9.17) is 4.74 Å². The maximum atomic E-state index is 13.1. The summed E-state index contributed by atoms with van der Waals surface area (Å²) in [6.45, 7) is 2.83. The van der Waals surface area contributed by atoms with E-state index >= 15 is 0 Å². The maximum Gasteiger partial charge on any atom is 0.407 e. The van der Waals surface area contributed by atoms with Crippen LogP contribution in [0, 0.1) is 17.3 Å². The zero-order chi connectivity index (χ0) is 24.6. The van der Waals surface area contributed by atoms with Crippen LogP contribution in [-0.4, -0.2) is 54.2 Å². The van der Waals surface area contributed by atoms with E-state index in [1.165, 1.54) is 22.3 Å². The minimum Gasteiger partial charge on any atom is -0.481 e. The molecule has 0 radical (unpaired) electrons. The Morgan fingerprint density at radius 3 is 2.23 bits per heavy atom. The van der Waals surface area contributed by atoms with Crippen molar-refractivity contribution >= 4 is 18.0 Å². The average molecular weight is 477 g/mol. The predicted octanol–water partition coefficient (Wildman–Crippen LogP) is 4.26. The molecule has 184 valence electrons. The zero-order valence-electron chi connectivity index (χ0n) is 20.0. The molecule has 2 amide bonds. The van der Waals surface area contributed by atoms with Gasteiger partial charge in [-0.3, -0.25) is 9.59 Å². The molecule has 3 aliphatic rings. The molecule has 5 rings (SSSR count). The molecule has 1 heterocycles. The highest BCUT2D eigenvalue weighted by Crippen LogP contribution is 2.44. The molecule has 2 fully saturated rings. The number of nitrogens with zero attached hydrogens (tertiary/aromatic N) is 1. The van der Waals surface area contributed by atoms with E-state index < -0.39 is 17.5 Å². The normalized spacial score (nSPS) is 22.5. The number of carbonyl (C=O) groups is 3. The molecule has 2 aromatic rings. The SMILES string of the molecule is CC1(C(=O)O)CN(C(=O)[C@@H]2CCCC[C@@H]2CNC(=O)OCC2c3ccccc3-c3ccccc32)C1. The monoisotopic (exact) mass is 476 g/mol. The van der Waals surface area contributed by atoms with Crippen molar-refractivity contribution in [3.05, 3.63) is 59.7 Å². The number of carbonyl (C=O) groups excluding carboxylic acids is 2. The number of benzene rings is 2. The van der Waals surface area contributed by atoms with Crippen molar-refractivity contribution in [1.82, 2.24) is 10.2 Å². The van der Waals surface area contributed by atoms with E-state index in [-0.39, 0.29) is 43.4 Å². The van der Waals surface area contributed by atoms with E-state index in [0.717, 1.165) is 25.7 Å². The number of nitrogens with one attached hydrogen (secondary N) is 1. The third-order valence-electron chi connectivity index (χ3n) is 7.99. The summed E-state index contributed by atoms with van der Waals surface area (Å²) in [6, 6.07) is 16.4. The lowest BCUT2D eigenvalue weighted by molar-refractivity contribution is -0.166. The van der Waals surface area contributed by atoms with E-state index in [1.807, 2.05) is 24.3 Å². The van der Waals surface area contributed by atoms with Crippen molar-refractivity contribution in [2.45, 2.75) is 38.5 Å². The molecule has 1 saturated heterocycles. The Morgan fingerprint density at radius 1 is 1.00 bits per heavy atom. The second-order valence-corrected chi connectivity index (χ2v) is 10.4. The Bertz CT molecular complexity index is 1090. The van der Waals surface area contributed by atoms with Gasteiger partial charge in [-0.25, -0.2) is 4.79 Å². The Balaban J connectivity index is 1.16. The minimum absolute atomic E-state index is 0.00659. The van der Waals surface area contributed by atoms with Crippen molar-refractivity contribution in [3.8, 4) is 11.1 Å². The Labute approximate surface area is 205 Å². The number of ether oxygens (including phenoxy) is 1. The number of hydrogen-bond acceptors (Lipinski definition) is 4. The molecule has 1 saturated carbocycles. The summed E-state index contributed by atoms with van der Waals surface area (Å²) >= 11 is 0. The average Bonchev–Trinajstić information content (AvgIpc) is 3.17. The van der Waals surface area contributed by atoms with E-state index in [9.17, 15) is 19.5 Å². The van der Waals surface area contributed by atoms with Gasteiger partial charge >= 0.3 is 12.1 Å². The van der Waals surface area contributed by atoms with Gasteiger partial charge in [0.05, 0.1) is 5.41 Å². The van der Waals surface area contributed by atoms with Crippen LogP contribution >= 0.6 is 0 Å². The lowest BCUT2D eigenvalue weighted by Gasteiger charge is -2.47. The van der Waals surface area contributed by atoms with Crippen LogP contribution in [0.3, 0.4) is 0 Å². The second kappa shape index (κ2) is 9.36. The topological polar surface area (TPSA) is 95.9 Å². The molecule has 0 bridgehead atoms. The fraction of sp³-hybridized carbons (Fsp3) is 0.464. The Kier molecular flexibility index (Phi) is 6.26. The highest BCUT2D eigenvalue weighted by atomic mass is 16.5. The van der Waals surface area contributed by atoms with Crippen molar-refractivity contribution in [2.24, 2.45) is 17.3 Å². The number of carboxylic acid groups (broad SMARTS) is 1. The van der Waals surface area contributed by atoms with E-state index in [1.54, 1.807) is 11.8 Å². The summed E-state index contributed by atoms with van der Waals surface area (Å²) in [7, 11) is 0. The minimum atomic E-state index is -0.862. The van der Waals surface area contributed by atoms with Crippen molar-refractivity contribution in [2.75, 3.05) is 26.2 Å². The lowest BCUT2D eigenvalue weighted by atomic mass is 9.75. The van der Waals surface area contributed by atoms with Gasteiger partial charge in [-0.1, -0.05) is 61.4 Å². The van der Waals surface area contributed by atoms with E-state index in [2.05, 4.69) is 29.6 Å². The van der Waals surface area contributed by atoms with Crippen LogP contribution in [0.4, 0.5) is 4.79 Å². The molecule has 0 aromatic heterocycles. The quantitative estimate of drug-likeness (QED) is 0.649. The molecule has 0 unspecified atom stereocenters. The summed E-state index contributed by atoms with van der Waals surface area (Å²) in [4.78, 5) is 38.7. The number of alkyl carbamates (subject to hydrolysis) is 1. The first kappa shape index (κ1) is 23.4. The number of likely N-dealkylation sites (tertiary alicyclic amines) is 1. The van der Waals surface area contributed by atoms with Crippen LogP contribution in [-0.2, 0) is 14.3 Å². The fourth-order valence-corrected chi connectivity index (χ4v) is 5.96. The molecular weight excluding hydrogens is 444 g/mol. The largest absolute Gasteiger partial charge is 0.481 e. The van der Waals surface area contributed by atoms with Gasteiger partial charge in [0.1, 0.15) is 6.61 Å². The van der Waals surface area contributed by atoms with Crippen molar-refractivity contribution in [1.29, 1.82) is 0 Å². The maximum absolute atomic E-state index is 13.1. The molecule has 35 heavy (non-hydrogen) atoms. The smallest absolute Gasteiger partial charge is 0.407 e.